The van der Waals surface area contributed by atoms with Crippen molar-refractivity contribution < 1.29 is 35.1 Å². The molecule has 8 rings (SSSR count). The second kappa shape index (κ2) is 16.6. The lowest BCUT2D eigenvalue weighted by atomic mass is 10.2. The van der Waals surface area contributed by atoms with Gasteiger partial charge in [-0.1, -0.05) is 0 Å². The van der Waals surface area contributed by atoms with E-state index in [-0.39, 0.29) is 15.6 Å². The first-order valence-corrected chi connectivity index (χ1v) is 19.6. The second-order valence-electron chi connectivity index (χ2n) is 11.0. The molecule has 6 aromatic heterocycles. The molecule has 8 aromatic rings. The van der Waals surface area contributed by atoms with Crippen molar-refractivity contribution in [1.82, 2.24) is 29.9 Å². The zero-order chi connectivity index (χ0) is 39.0. The summed E-state index contributed by atoms with van der Waals surface area (Å²) in [4.78, 5) is 24.9. The number of aromatic nitrogens is 6. The van der Waals surface area contributed by atoms with Gasteiger partial charge in [-0.3, -0.25) is 4.72 Å². The number of nitrogens with two attached hydrogens (primary N) is 1. The number of rotatable bonds is 8. The van der Waals surface area contributed by atoms with Crippen molar-refractivity contribution in [2.45, 2.75) is 9.79 Å². The van der Waals surface area contributed by atoms with Crippen LogP contribution in [0.25, 0.3) is 45.4 Å². The van der Waals surface area contributed by atoms with Crippen LogP contribution in [0, 0.1) is 0 Å². The van der Waals surface area contributed by atoms with Gasteiger partial charge in [0.15, 0.2) is 22.5 Å². The molecular weight excluding hydrogens is 772 g/mol. The maximum absolute atomic E-state index is 12.5. The lowest BCUT2D eigenvalue weighted by Crippen LogP contribution is -2.13. The maximum atomic E-state index is 12.5. The lowest BCUT2D eigenvalue weighted by molar-refractivity contribution is 0.414. The third-order valence-electron chi connectivity index (χ3n) is 7.31. The average Bonchev–Trinajstić information content (AvgIpc) is 3.83. The number of hydrogen-bond acceptors (Lipinski definition) is 15. The van der Waals surface area contributed by atoms with Crippen LogP contribution in [-0.4, -0.2) is 61.0 Å². The number of halogens is 1. The Hall–Kier alpha value is -6.63. The molecule has 0 radical (unpaired) electrons. The van der Waals surface area contributed by atoms with Crippen LogP contribution >= 0.6 is 10.7 Å². The molecule has 0 amide bonds. The molecule has 2 aromatic carbocycles. The summed E-state index contributed by atoms with van der Waals surface area (Å²) in [5.74, 6) is 2.59. The Morgan fingerprint density at radius 1 is 0.618 bits per heavy atom. The molecule has 19 heteroatoms. The first-order chi connectivity index (χ1) is 26.4. The molecular formula is C36H29ClN8O8S2. The molecule has 0 aliphatic heterocycles. The predicted octanol–water partition coefficient (Wildman–Crippen LogP) is 6.58. The van der Waals surface area contributed by atoms with Gasteiger partial charge in [-0.15, -0.1) is 0 Å². The van der Waals surface area contributed by atoms with Gasteiger partial charge in [0.25, 0.3) is 19.1 Å². The molecule has 0 spiro atoms. The van der Waals surface area contributed by atoms with Gasteiger partial charge in [0.05, 0.1) is 24.0 Å². The SMILES string of the molecule is COc1ccc(S(=O)(=O)Cl)cc1.COc1ccc(S(=O)(=O)Nc2cc(-c3nc4ncccc4o3)ccn2)cc1.Nc1cc(-c2nc3ncccc3o2)ccn1. The van der Waals surface area contributed by atoms with Crippen LogP contribution in [0.3, 0.4) is 0 Å². The van der Waals surface area contributed by atoms with Crippen LogP contribution in [0.4, 0.5) is 11.6 Å². The summed E-state index contributed by atoms with van der Waals surface area (Å²) in [6.07, 6.45) is 6.39. The van der Waals surface area contributed by atoms with E-state index in [9.17, 15) is 16.8 Å². The Kier molecular flexibility index (Phi) is 11.5. The number of nitrogen functional groups attached to an aromatic ring is 1. The number of sulfonamides is 1. The van der Waals surface area contributed by atoms with Gasteiger partial charge >= 0.3 is 0 Å². The van der Waals surface area contributed by atoms with Gasteiger partial charge in [0.1, 0.15) is 23.1 Å². The van der Waals surface area contributed by atoms with Gasteiger partial charge in [-0.05, 0) is 97.1 Å². The molecule has 6 heterocycles. The van der Waals surface area contributed by atoms with E-state index in [1.807, 2.05) is 6.07 Å². The number of hydrogen-bond donors (Lipinski definition) is 2. The zero-order valence-corrected chi connectivity index (χ0v) is 31.2. The molecule has 0 bridgehead atoms. The Morgan fingerprint density at radius 2 is 1.11 bits per heavy atom. The topological polar surface area (TPSA) is 228 Å². The van der Waals surface area contributed by atoms with Crippen LogP contribution < -0.4 is 19.9 Å². The fourth-order valence-corrected chi connectivity index (χ4v) is 6.44. The summed E-state index contributed by atoms with van der Waals surface area (Å²) in [6, 6.07) is 25.8. The monoisotopic (exact) mass is 800 g/mol. The van der Waals surface area contributed by atoms with Gasteiger partial charge < -0.3 is 24.0 Å². The minimum atomic E-state index is -3.79. The highest BCUT2D eigenvalue weighted by molar-refractivity contribution is 8.13. The molecule has 280 valence electrons. The zero-order valence-electron chi connectivity index (χ0n) is 28.8. The predicted molar refractivity (Wildman–Crippen MR) is 204 cm³/mol. The van der Waals surface area contributed by atoms with E-state index in [4.69, 9.17) is 34.7 Å². The third kappa shape index (κ3) is 9.68. The molecule has 0 saturated heterocycles. The summed E-state index contributed by atoms with van der Waals surface area (Å²) in [6.45, 7) is 0. The van der Waals surface area contributed by atoms with Gasteiger partial charge in [0.2, 0.25) is 11.8 Å². The molecule has 0 aliphatic rings. The summed E-state index contributed by atoms with van der Waals surface area (Å²) in [7, 11) is 0.698. The van der Waals surface area contributed by atoms with Crippen LogP contribution in [0.1, 0.15) is 0 Å². The van der Waals surface area contributed by atoms with E-state index >= 15 is 0 Å². The Balaban J connectivity index is 0.000000155. The van der Waals surface area contributed by atoms with E-state index in [0.717, 1.165) is 5.56 Å². The van der Waals surface area contributed by atoms with E-state index in [0.29, 0.717) is 57.1 Å². The summed E-state index contributed by atoms with van der Waals surface area (Å²) >= 11 is 0. The van der Waals surface area contributed by atoms with Crippen molar-refractivity contribution in [3.8, 4) is 34.4 Å². The molecule has 16 nitrogen and oxygen atoms in total. The van der Waals surface area contributed by atoms with Crippen molar-refractivity contribution in [2.75, 3.05) is 24.7 Å². The third-order valence-corrected chi connectivity index (χ3v) is 10.1. The van der Waals surface area contributed by atoms with Crippen LogP contribution in [0.2, 0.25) is 0 Å². The average molecular weight is 801 g/mol. The van der Waals surface area contributed by atoms with Gasteiger partial charge in [0, 0.05) is 46.6 Å². The van der Waals surface area contributed by atoms with Crippen molar-refractivity contribution in [3.63, 3.8) is 0 Å². The van der Waals surface area contributed by atoms with E-state index in [1.165, 1.54) is 56.8 Å². The minimum Gasteiger partial charge on any atom is -0.497 e. The second-order valence-corrected chi connectivity index (χ2v) is 15.2. The maximum Gasteiger partial charge on any atom is 0.263 e. The normalized spacial score (nSPS) is 11.2. The molecule has 0 saturated carbocycles. The van der Waals surface area contributed by atoms with Gasteiger partial charge in [-0.25, -0.2) is 36.8 Å². The number of nitrogens with one attached hydrogen (secondary N) is 1. The minimum absolute atomic E-state index is 0.0740. The molecule has 0 aliphatic carbocycles. The molecule has 55 heavy (non-hydrogen) atoms. The molecule has 0 unspecified atom stereocenters. The Morgan fingerprint density at radius 3 is 1.58 bits per heavy atom. The number of nitrogens with zero attached hydrogens (tertiary/aromatic N) is 6. The highest BCUT2D eigenvalue weighted by Crippen LogP contribution is 2.26. The van der Waals surface area contributed by atoms with Crippen molar-refractivity contribution >= 4 is 63.9 Å². The number of benzene rings is 2. The van der Waals surface area contributed by atoms with Crippen LogP contribution in [-0.2, 0) is 19.1 Å². The Bertz CT molecular complexity index is 2720. The van der Waals surface area contributed by atoms with E-state index in [1.54, 1.807) is 73.2 Å². The number of methoxy groups -OCH3 is 2. The molecule has 0 atom stereocenters. The highest BCUT2D eigenvalue weighted by Gasteiger charge is 2.17. The first kappa shape index (κ1) is 38.1. The first-order valence-electron chi connectivity index (χ1n) is 15.8. The fourth-order valence-electron chi connectivity index (χ4n) is 4.68. The largest absolute Gasteiger partial charge is 0.497 e. The Labute approximate surface area is 318 Å². The van der Waals surface area contributed by atoms with Crippen molar-refractivity contribution in [2.24, 2.45) is 0 Å². The number of pyridine rings is 4. The summed E-state index contributed by atoms with van der Waals surface area (Å²) < 4.78 is 70.2. The summed E-state index contributed by atoms with van der Waals surface area (Å²) in [5, 5.41) is 0. The van der Waals surface area contributed by atoms with E-state index < -0.39 is 19.1 Å². The van der Waals surface area contributed by atoms with Crippen molar-refractivity contribution in [1.29, 1.82) is 0 Å². The highest BCUT2D eigenvalue weighted by atomic mass is 35.7. The number of anilines is 2. The van der Waals surface area contributed by atoms with Crippen LogP contribution in [0.15, 0.2) is 140 Å². The molecule has 0 fully saturated rings. The van der Waals surface area contributed by atoms with E-state index in [2.05, 4.69) is 34.6 Å². The quantitative estimate of drug-likeness (QED) is 0.155. The number of oxazole rings is 2. The van der Waals surface area contributed by atoms with Crippen LogP contribution in [0.5, 0.6) is 11.5 Å². The molecule has 3 N–H and O–H groups in total. The smallest absolute Gasteiger partial charge is 0.263 e. The van der Waals surface area contributed by atoms with Gasteiger partial charge in [-0.2, -0.15) is 9.97 Å². The lowest BCUT2D eigenvalue weighted by Gasteiger charge is -2.08. The number of fused-ring (bicyclic) bond motifs is 2. The standard InChI is InChI=1S/C18H14N4O4S.C11H8N4O.C7H7ClO3S/c1-25-13-4-6-14(7-5-13)27(23,24)22-16-11-12(8-10-19-16)18-21-17-15(26-18)3-2-9-20-17;12-9-6-7(3-5-13-9)11-15-10-8(16-11)2-1-4-14-10;1-11-6-2-4-7(5-3-6)12(8,9)10/h2-11H,1H3,(H,19,22);1-6H,(H2,12,13);2-5H,1H3. The number of ether oxygens (including phenoxy) is 2. The van der Waals surface area contributed by atoms with Crippen molar-refractivity contribution in [3.05, 3.63) is 122 Å². The summed E-state index contributed by atoms with van der Waals surface area (Å²) in [5.41, 5.74) is 9.24. The fraction of sp³-hybridized carbons (Fsp3) is 0.0556.